The Balaban J connectivity index is 1.57. The number of fused-ring (bicyclic) bond motifs is 1. The average molecular weight is 337 g/mol. The molecule has 132 valence electrons. The van der Waals surface area contributed by atoms with Gasteiger partial charge in [0.2, 0.25) is 0 Å². The lowest BCUT2D eigenvalue weighted by Crippen LogP contribution is -2.31. The molecule has 1 amide bonds. The predicted molar refractivity (Wildman–Crippen MR) is 101 cm³/mol. The number of rotatable bonds is 5. The summed E-state index contributed by atoms with van der Waals surface area (Å²) in [6.45, 7) is 6.12. The van der Waals surface area contributed by atoms with Gasteiger partial charge in [0.15, 0.2) is 6.61 Å². The first-order chi connectivity index (χ1) is 12.0. The van der Waals surface area contributed by atoms with Crippen molar-refractivity contribution in [3.05, 3.63) is 64.2 Å². The Hall–Kier alpha value is -2.29. The number of aryl methyl sites for hydroxylation is 4. The lowest BCUT2D eigenvalue weighted by atomic mass is 9.89. The molecule has 1 N–H and O–H groups in total. The van der Waals surface area contributed by atoms with Crippen LogP contribution in [0.4, 0.5) is 0 Å². The highest BCUT2D eigenvalue weighted by Crippen LogP contribution is 2.24. The third kappa shape index (κ3) is 4.62. The van der Waals surface area contributed by atoms with Gasteiger partial charge in [-0.1, -0.05) is 24.3 Å². The molecule has 25 heavy (non-hydrogen) atoms. The van der Waals surface area contributed by atoms with Crippen molar-refractivity contribution in [1.82, 2.24) is 5.32 Å². The number of hydrogen-bond acceptors (Lipinski definition) is 2. The van der Waals surface area contributed by atoms with Crippen molar-refractivity contribution in [3.63, 3.8) is 0 Å². The molecule has 0 spiro atoms. The fourth-order valence-corrected chi connectivity index (χ4v) is 3.55. The van der Waals surface area contributed by atoms with Crippen LogP contribution in [0.5, 0.6) is 5.75 Å². The molecule has 0 radical (unpaired) electrons. The summed E-state index contributed by atoms with van der Waals surface area (Å²) in [7, 11) is 0. The van der Waals surface area contributed by atoms with Crippen molar-refractivity contribution in [2.75, 3.05) is 6.61 Å². The third-order valence-corrected chi connectivity index (χ3v) is 4.82. The van der Waals surface area contributed by atoms with E-state index in [1.807, 2.05) is 32.9 Å². The number of carbonyl (C=O) groups excluding carboxylic acids is 1. The molecule has 0 saturated heterocycles. The van der Waals surface area contributed by atoms with Crippen LogP contribution in [-0.2, 0) is 17.6 Å². The van der Waals surface area contributed by atoms with Crippen molar-refractivity contribution < 1.29 is 9.53 Å². The Morgan fingerprint density at radius 2 is 1.72 bits per heavy atom. The van der Waals surface area contributed by atoms with Crippen LogP contribution in [0.1, 0.15) is 53.6 Å². The van der Waals surface area contributed by atoms with E-state index in [1.54, 1.807) is 0 Å². The molecule has 2 aromatic rings. The Morgan fingerprint density at radius 3 is 2.44 bits per heavy atom. The van der Waals surface area contributed by atoms with Crippen LogP contribution in [0.2, 0.25) is 0 Å². The van der Waals surface area contributed by atoms with Gasteiger partial charge in [0.1, 0.15) is 5.75 Å². The molecule has 3 nitrogen and oxygen atoms in total. The van der Waals surface area contributed by atoms with E-state index in [9.17, 15) is 4.79 Å². The van der Waals surface area contributed by atoms with Gasteiger partial charge in [0, 0.05) is 0 Å². The normalized spacial score (nSPS) is 14.5. The maximum atomic E-state index is 12.2. The van der Waals surface area contributed by atoms with Crippen LogP contribution in [0, 0.1) is 13.8 Å². The number of hydrogen-bond donors (Lipinski definition) is 1. The summed E-state index contributed by atoms with van der Waals surface area (Å²) in [6, 6.07) is 12.6. The van der Waals surface area contributed by atoms with Crippen molar-refractivity contribution in [3.8, 4) is 5.75 Å². The fourth-order valence-electron chi connectivity index (χ4n) is 3.55. The summed E-state index contributed by atoms with van der Waals surface area (Å²) in [6.07, 6.45) is 4.88. The first-order valence-electron chi connectivity index (χ1n) is 9.13. The smallest absolute Gasteiger partial charge is 0.258 e. The van der Waals surface area contributed by atoms with E-state index in [0.717, 1.165) is 23.3 Å². The van der Waals surface area contributed by atoms with Gasteiger partial charge in [0.05, 0.1) is 6.04 Å². The van der Waals surface area contributed by atoms with Crippen LogP contribution in [0.25, 0.3) is 0 Å². The van der Waals surface area contributed by atoms with Gasteiger partial charge in [-0.3, -0.25) is 4.79 Å². The van der Waals surface area contributed by atoms with Gasteiger partial charge in [-0.15, -0.1) is 0 Å². The average Bonchev–Trinajstić information content (AvgIpc) is 2.58. The predicted octanol–water partition coefficient (Wildman–Crippen LogP) is 4.44. The van der Waals surface area contributed by atoms with Crippen LogP contribution in [0.15, 0.2) is 36.4 Å². The third-order valence-electron chi connectivity index (χ3n) is 4.82. The second-order valence-corrected chi connectivity index (χ2v) is 7.14. The van der Waals surface area contributed by atoms with Gasteiger partial charge in [-0.25, -0.2) is 0 Å². The summed E-state index contributed by atoms with van der Waals surface area (Å²) in [5, 5.41) is 3.04. The molecule has 3 rings (SSSR count). The number of benzene rings is 2. The van der Waals surface area contributed by atoms with Crippen molar-refractivity contribution in [2.45, 2.75) is 52.5 Å². The highest BCUT2D eigenvalue weighted by molar-refractivity contribution is 5.78. The Kier molecular flexibility index (Phi) is 5.42. The topological polar surface area (TPSA) is 38.3 Å². The van der Waals surface area contributed by atoms with Crippen LogP contribution >= 0.6 is 0 Å². The molecule has 1 atom stereocenters. The lowest BCUT2D eigenvalue weighted by molar-refractivity contribution is -0.123. The standard InChI is InChI=1S/C22H27NO2/c1-15-10-16(2)12-21(11-15)25-14-22(24)23-17(3)19-9-8-18-6-4-5-7-20(18)13-19/h8-13,17H,4-7,14H2,1-3H3,(H,23,24)/t17-/m1/s1. The van der Waals surface area contributed by atoms with E-state index >= 15 is 0 Å². The van der Waals surface area contributed by atoms with Crippen LogP contribution < -0.4 is 10.1 Å². The van der Waals surface area contributed by atoms with Gasteiger partial charge < -0.3 is 10.1 Å². The van der Waals surface area contributed by atoms with Gasteiger partial charge >= 0.3 is 0 Å². The van der Waals surface area contributed by atoms with E-state index in [-0.39, 0.29) is 18.6 Å². The molecule has 3 heteroatoms. The van der Waals surface area contributed by atoms with Gasteiger partial charge in [-0.2, -0.15) is 0 Å². The van der Waals surface area contributed by atoms with E-state index in [4.69, 9.17) is 4.74 Å². The zero-order chi connectivity index (χ0) is 17.8. The number of amides is 1. The summed E-state index contributed by atoms with van der Waals surface area (Å²) >= 11 is 0. The van der Waals surface area contributed by atoms with Crippen LogP contribution in [0.3, 0.4) is 0 Å². The number of ether oxygens (including phenoxy) is 1. The van der Waals surface area contributed by atoms with E-state index < -0.39 is 0 Å². The maximum Gasteiger partial charge on any atom is 0.258 e. The Labute approximate surface area is 150 Å². The highest BCUT2D eigenvalue weighted by Gasteiger charge is 2.14. The Morgan fingerprint density at radius 1 is 1.04 bits per heavy atom. The molecular weight excluding hydrogens is 310 g/mol. The molecule has 1 aliphatic carbocycles. The molecule has 0 fully saturated rings. The van der Waals surface area contributed by atoms with E-state index in [2.05, 4.69) is 29.6 Å². The monoisotopic (exact) mass is 337 g/mol. The molecule has 0 heterocycles. The second-order valence-electron chi connectivity index (χ2n) is 7.14. The zero-order valence-electron chi connectivity index (χ0n) is 15.4. The largest absolute Gasteiger partial charge is 0.484 e. The minimum absolute atomic E-state index is 0.0115. The molecule has 2 aromatic carbocycles. The highest BCUT2D eigenvalue weighted by atomic mass is 16.5. The minimum atomic E-state index is -0.0932. The molecule has 1 aliphatic rings. The quantitative estimate of drug-likeness (QED) is 0.876. The minimum Gasteiger partial charge on any atom is -0.484 e. The molecule has 0 saturated carbocycles. The van der Waals surface area contributed by atoms with Gasteiger partial charge in [-0.05, 0) is 86.4 Å². The van der Waals surface area contributed by atoms with Gasteiger partial charge in [0.25, 0.3) is 5.91 Å². The first kappa shape index (κ1) is 17.5. The number of nitrogens with one attached hydrogen (secondary N) is 1. The van der Waals surface area contributed by atoms with Crippen LogP contribution in [-0.4, -0.2) is 12.5 Å². The first-order valence-corrected chi connectivity index (χ1v) is 9.13. The van der Waals surface area contributed by atoms with E-state index in [0.29, 0.717) is 0 Å². The molecule has 0 aromatic heterocycles. The summed E-state index contributed by atoms with van der Waals surface area (Å²) in [5.41, 5.74) is 6.35. The fraction of sp³-hybridized carbons (Fsp3) is 0.409. The Bertz CT molecular complexity index is 746. The SMILES string of the molecule is Cc1cc(C)cc(OCC(=O)N[C@H](C)c2ccc3c(c2)CCCC3)c1. The van der Waals surface area contributed by atoms with Crippen molar-refractivity contribution >= 4 is 5.91 Å². The molecule has 0 aliphatic heterocycles. The van der Waals surface area contributed by atoms with Crippen molar-refractivity contribution in [1.29, 1.82) is 0 Å². The van der Waals surface area contributed by atoms with E-state index in [1.165, 1.54) is 36.0 Å². The van der Waals surface area contributed by atoms with Crippen molar-refractivity contribution in [2.24, 2.45) is 0 Å². The second kappa shape index (κ2) is 7.73. The maximum absolute atomic E-state index is 12.2. The molecular formula is C22H27NO2. The zero-order valence-corrected chi connectivity index (χ0v) is 15.4. The molecule has 0 unspecified atom stereocenters. The lowest BCUT2D eigenvalue weighted by Gasteiger charge is -2.20. The summed E-state index contributed by atoms with van der Waals surface area (Å²) in [5.74, 6) is 0.651. The summed E-state index contributed by atoms with van der Waals surface area (Å²) in [4.78, 5) is 12.2. The molecule has 0 bridgehead atoms. The summed E-state index contributed by atoms with van der Waals surface area (Å²) < 4.78 is 5.64. The number of carbonyl (C=O) groups is 1.